The van der Waals surface area contributed by atoms with Gasteiger partial charge in [0.05, 0.1) is 4.90 Å². The molecule has 0 atom stereocenters. The van der Waals surface area contributed by atoms with Crippen LogP contribution in [0.15, 0.2) is 53.4 Å². The van der Waals surface area contributed by atoms with Crippen LogP contribution in [0.25, 0.3) is 0 Å². The van der Waals surface area contributed by atoms with Gasteiger partial charge in [0.15, 0.2) is 0 Å². The zero-order valence-corrected chi connectivity index (χ0v) is 10.6. The number of rotatable bonds is 1. The minimum Gasteiger partial charge on any atom is -0.225 e. The van der Waals surface area contributed by atoms with E-state index < -0.39 is 10.0 Å². The molecule has 5 heteroatoms. The molecule has 0 amide bonds. The highest BCUT2D eigenvalue weighted by molar-refractivity contribution is 7.89. The van der Waals surface area contributed by atoms with E-state index >= 15 is 0 Å². The van der Waals surface area contributed by atoms with Crippen LogP contribution >= 0.6 is 0 Å². The van der Waals surface area contributed by atoms with E-state index in [-0.39, 0.29) is 10.7 Å². The van der Waals surface area contributed by atoms with Gasteiger partial charge in [-0.05, 0) is 36.4 Å². The van der Waals surface area contributed by atoms with Gasteiger partial charge < -0.3 is 0 Å². The molecule has 96 valence electrons. The fraction of sp³-hybridized carbons (Fsp3) is 0. The number of primary sulfonamides is 1. The van der Waals surface area contributed by atoms with E-state index in [0.717, 1.165) is 0 Å². The third kappa shape index (κ3) is 3.65. The molecule has 2 aromatic rings. The van der Waals surface area contributed by atoms with Crippen LogP contribution in [0.3, 0.4) is 0 Å². The van der Waals surface area contributed by atoms with Crippen LogP contribution in [0.4, 0.5) is 4.39 Å². The standard InChI is InChI=1S/C14H10FNO2S/c15-13-5-1-3-11(9-13)7-8-12-4-2-6-14(10-12)19(16,17)18/h1-6,9-10H,(H2,16,17,18). The summed E-state index contributed by atoms with van der Waals surface area (Å²) in [7, 11) is -3.74. The molecule has 0 spiro atoms. The van der Waals surface area contributed by atoms with Crippen LogP contribution in [0.2, 0.25) is 0 Å². The lowest BCUT2D eigenvalue weighted by Gasteiger charge is -1.97. The summed E-state index contributed by atoms with van der Waals surface area (Å²) in [4.78, 5) is -0.00135. The van der Waals surface area contributed by atoms with Crippen LogP contribution in [-0.4, -0.2) is 8.42 Å². The highest BCUT2D eigenvalue weighted by Gasteiger charge is 2.06. The molecule has 0 saturated heterocycles. The fourth-order valence-corrected chi connectivity index (χ4v) is 2.02. The molecule has 0 radical (unpaired) electrons. The summed E-state index contributed by atoms with van der Waals surface area (Å²) in [6.07, 6.45) is 0. The average Bonchev–Trinajstić information content (AvgIpc) is 2.36. The Balaban J connectivity index is 2.35. The second-order valence-corrected chi connectivity index (χ2v) is 5.39. The Hall–Kier alpha value is -2.16. The maximum Gasteiger partial charge on any atom is 0.238 e. The Bertz CT molecular complexity index is 773. The van der Waals surface area contributed by atoms with Crippen LogP contribution in [0, 0.1) is 17.7 Å². The molecular formula is C14H10FNO2S. The SMILES string of the molecule is NS(=O)(=O)c1cccc(C#Cc2cccc(F)c2)c1. The van der Waals surface area contributed by atoms with Crippen LogP contribution in [0.1, 0.15) is 11.1 Å². The van der Waals surface area contributed by atoms with Crippen molar-refractivity contribution in [2.24, 2.45) is 5.14 Å². The predicted molar refractivity (Wildman–Crippen MR) is 70.2 cm³/mol. The zero-order valence-electron chi connectivity index (χ0n) is 9.80. The van der Waals surface area contributed by atoms with Crippen molar-refractivity contribution in [3.8, 4) is 11.8 Å². The quantitative estimate of drug-likeness (QED) is 0.808. The van der Waals surface area contributed by atoms with E-state index in [0.29, 0.717) is 11.1 Å². The zero-order chi connectivity index (χ0) is 13.9. The smallest absolute Gasteiger partial charge is 0.225 e. The van der Waals surface area contributed by atoms with Gasteiger partial charge in [0.25, 0.3) is 0 Å². The molecule has 2 rings (SSSR count). The molecule has 0 fully saturated rings. The van der Waals surface area contributed by atoms with Gasteiger partial charge in [-0.25, -0.2) is 17.9 Å². The number of nitrogens with two attached hydrogens (primary N) is 1. The van der Waals surface area contributed by atoms with E-state index in [1.165, 1.54) is 24.3 Å². The maximum absolute atomic E-state index is 12.9. The number of sulfonamides is 1. The summed E-state index contributed by atoms with van der Waals surface area (Å²) in [6, 6.07) is 11.8. The van der Waals surface area contributed by atoms with E-state index in [1.807, 2.05) is 0 Å². The van der Waals surface area contributed by atoms with E-state index in [9.17, 15) is 12.8 Å². The van der Waals surface area contributed by atoms with Crippen LogP contribution in [0.5, 0.6) is 0 Å². The number of benzene rings is 2. The lowest BCUT2D eigenvalue weighted by molar-refractivity contribution is 0.597. The summed E-state index contributed by atoms with van der Waals surface area (Å²) in [6.45, 7) is 0. The summed E-state index contributed by atoms with van der Waals surface area (Å²) < 4.78 is 35.3. The van der Waals surface area contributed by atoms with Crippen LogP contribution < -0.4 is 5.14 Å². The lowest BCUT2D eigenvalue weighted by atomic mass is 10.2. The molecule has 3 nitrogen and oxygen atoms in total. The van der Waals surface area contributed by atoms with E-state index in [4.69, 9.17) is 5.14 Å². The van der Waals surface area contributed by atoms with Crippen molar-refractivity contribution >= 4 is 10.0 Å². The summed E-state index contributed by atoms with van der Waals surface area (Å²) in [5.41, 5.74) is 1.01. The fourth-order valence-electron chi connectivity index (χ4n) is 1.46. The molecule has 0 aliphatic rings. The Morgan fingerprint density at radius 2 is 1.53 bits per heavy atom. The van der Waals surface area contributed by atoms with Crippen molar-refractivity contribution in [1.82, 2.24) is 0 Å². The number of hydrogen-bond acceptors (Lipinski definition) is 2. The second-order valence-electron chi connectivity index (χ2n) is 3.83. The highest BCUT2D eigenvalue weighted by atomic mass is 32.2. The highest BCUT2D eigenvalue weighted by Crippen LogP contribution is 2.09. The third-order valence-corrected chi connectivity index (χ3v) is 3.25. The first-order chi connectivity index (χ1) is 8.95. The molecule has 0 aliphatic heterocycles. The summed E-state index contributed by atoms with van der Waals surface area (Å²) in [5.74, 6) is 5.15. The summed E-state index contributed by atoms with van der Waals surface area (Å²) >= 11 is 0. The molecule has 0 saturated carbocycles. The Morgan fingerprint density at radius 3 is 2.11 bits per heavy atom. The molecule has 2 N–H and O–H groups in total. The predicted octanol–water partition coefficient (Wildman–Crippen LogP) is 1.87. The lowest BCUT2D eigenvalue weighted by Crippen LogP contribution is -2.11. The number of halogens is 1. The molecule has 0 aromatic heterocycles. The Kier molecular flexibility index (Phi) is 3.65. The van der Waals surface area contributed by atoms with E-state index in [1.54, 1.807) is 24.3 Å². The second kappa shape index (κ2) is 5.22. The minimum atomic E-state index is -3.74. The van der Waals surface area contributed by atoms with Crippen LogP contribution in [-0.2, 0) is 10.0 Å². The van der Waals surface area contributed by atoms with Gasteiger partial charge in [0.2, 0.25) is 10.0 Å². The maximum atomic E-state index is 12.9. The monoisotopic (exact) mass is 275 g/mol. The van der Waals surface area contributed by atoms with Crippen molar-refractivity contribution in [2.45, 2.75) is 4.90 Å². The van der Waals surface area contributed by atoms with E-state index in [2.05, 4.69) is 11.8 Å². The first-order valence-electron chi connectivity index (χ1n) is 5.35. The van der Waals surface area contributed by atoms with Gasteiger partial charge in [-0.1, -0.05) is 24.0 Å². The third-order valence-electron chi connectivity index (χ3n) is 2.34. The molecule has 0 bridgehead atoms. The number of hydrogen-bond donors (Lipinski definition) is 1. The largest absolute Gasteiger partial charge is 0.238 e. The van der Waals surface area contributed by atoms with Gasteiger partial charge in [-0.3, -0.25) is 0 Å². The first kappa shape index (κ1) is 13.3. The Labute approximate surface area is 110 Å². The van der Waals surface area contributed by atoms with Gasteiger partial charge in [0, 0.05) is 11.1 Å². The van der Waals surface area contributed by atoms with Gasteiger partial charge >= 0.3 is 0 Å². The van der Waals surface area contributed by atoms with Crippen molar-refractivity contribution in [1.29, 1.82) is 0 Å². The minimum absolute atomic E-state index is 0.00135. The van der Waals surface area contributed by atoms with Crippen molar-refractivity contribution < 1.29 is 12.8 Å². The summed E-state index contributed by atoms with van der Waals surface area (Å²) in [5, 5.41) is 5.03. The van der Waals surface area contributed by atoms with Crippen molar-refractivity contribution in [2.75, 3.05) is 0 Å². The van der Waals surface area contributed by atoms with Gasteiger partial charge in [-0.2, -0.15) is 0 Å². The van der Waals surface area contributed by atoms with Crippen molar-refractivity contribution in [3.63, 3.8) is 0 Å². The topological polar surface area (TPSA) is 60.2 Å². The first-order valence-corrected chi connectivity index (χ1v) is 6.90. The molecular weight excluding hydrogens is 265 g/mol. The molecule has 0 aliphatic carbocycles. The van der Waals surface area contributed by atoms with Gasteiger partial charge in [0.1, 0.15) is 5.82 Å². The molecule has 0 heterocycles. The average molecular weight is 275 g/mol. The van der Waals surface area contributed by atoms with Crippen molar-refractivity contribution in [3.05, 3.63) is 65.5 Å². The normalized spacial score (nSPS) is 10.6. The van der Waals surface area contributed by atoms with Gasteiger partial charge in [-0.15, -0.1) is 0 Å². The Morgan fingerprint density at radius 1 is 0.947 bits per heavy atom. The molecule has 0 unspecified atom stereocenters. The molecule has 19 heavy (non-hydrogen) atoms. The molecule has 2 aromatic carbocycles.